The topological polar surface area (TPSA) is 158 Å². The lowest BCUT2D eigenvalue weighted by Gasteiger charge is -2.31. The van der Waals surface area contributed by atoms with E-state index in [1.165, 1.54) is 7.11 Å². The Balaban J connectivity index is 1.17. The minimum absolute atomic E-state index is 0.0524. The predicted molar refractivity (Wildman–Crippen MR) is 213 cm³/mol. The smallest absolute Gasteiger partial charge is 0.407 e. The fourth-order valence-corrected chi connectivity index (χ4v) is 7.49. The van der Waals surface area contributed by atoms with Gasteiger partial charge in [-0.1, -0.05) is 63.8 Å². The minimum Gasteiger partial charge on any atom is -0.453 e. The first-order valence-electron chi connectivity index (χ1n) is 19.4. The molecule has 6 rings (SSSR count). The van der Waals surface area contributed by atoms with E-state index in [1.807, 2.05) is 75.9 Å². The van der Waals surface area contributed by atoms with Gasteiger partial charge in [0.2, 0.25) is 11.8 Å². The summed E-state index contributed by atoms with van der Waals surface area (Å²) in [5, 5.41) is 7.95. The van der Waals surface area contributed by atoms with Crippen molar-refractivity contribution in [1.82, 2.24) is 40.4 Å². The number of likely N-dealkylation sites (tertiary alicyclic amines) is 2. The van der Waals surface area contributed by atoms with Crippen molar-refractivity contribution in [1.29, 1.82) is 0 Å². The van der Waals surface area contributed by atoms with Crippen LogP contribution in [0.25, 0.3) is 10.8 Å². The lowest BCUT2D eigenvalue weighted by Crippen LogP contribution is -2.52. The van der Waals surface area contributed by atoms with E-state index in [1.54, 1.807) is 24.4 Å². The maximum absolute atomic E-state index is 13.7. The largest absolute Gasteiger partial charge is 0.453 e. The fourth-order valence-electron chi connectivity index (χ4n) is 7.49. The number of nitrogens with zero attached hydrogens (tertiary/aromatic N) is 4. The lowest BCUT2D eigenvalue weighted by molar-refractivity contribution is -0.137. The summed E-state index contributed by atoms with van der Waals surface area (Å²) < 4.78 is 10.1. The van der Waals surface area contributed by atoms with E-state index >= 15 is 0 Å². The van der Waals surface area contributed by atoms with Crippen molar-refractivity contribution in [3.8, 4) is 23.7 Å². The number of rotatable bonds is 10. The van der Waals surface area contributed by atoms with Gasteiger partial charge in [-0.25, -0.2) is 14.8 Å². The molecule has 2 saturated heterocycles. The summed E-state index contributed by atoms with van der Waals surface area (Å²) in [6.45, 7) is 11.0. The summed E-state index contributed by atoms with van der Waals surface area (Å²) >= 11 is 0. The molecule has 1 unspecified atom stereocenters. The van der Waals surface area contributed by atoms with Crippen LogP contribution < -0.4 is 10.6 Å². The fraction of sp³-hybridized carbons (Fsp3) is 0.465. The van der Waals surface area contributed by atoms with E-state index in [0.717, 1.165) is 53.4 Å². The molecule has 2 fully saturated rings. The van der Waals surface area contributed by atoms with Crippen molar-refractivity contribution < 1.29 is 23.9 Å². The average molecular weight is 761 g/mol. The molecular formula is C43H52N8O5. The van der Waals surface area contributed by atoms with Crippen molar-refractivity contribution in [3.05, 3.63) is 83.0 Å². The molecule has 13 heteroatoms. The van der Waals surface area contributed by atoms with Gasteiger partial charge in [0, 0.05) is 31.3 Å². The molecule has 2 aliphatic rings. The highest BCUT2D eigenvalue weighted by atomic mass is 16.5. The van der Waals surface area contributed by atoms with E-state index in [9.17, 15) is 14.4 Å². The summed E-state index contributed by atoms with van der Waals surface area (Å²) in [6.07, 6.45) is 5.88. The molecule has 0 saturated carbocycles. The number of imidazole rings is 2. The number of amides is 3. The van der Waals surface area contributed by atoms with Crippen LogP contribution in [-0.4, -0.2) is 93.3 Å². The van der Waals surface area contributed by atoms with Crippen molar-refractivity contribution in [2.45, 2.75) is 90.7 Å². The maximum Gasteiger partial charge on any atom is 0.407 e. The van der Waals surface area contributed by atoms with Crippen molar-refractivity contribution in [2.75, 3.05) is 27.3 Å². The Morgan fingerprint density at radius 1 is 0.732 bits per heavy atom. The molecule has 56 heavy (non-hydrogen) atoms. The molecule has 3 amide bonds. The number of methoxy groups -OCH3 is 2. The zero-order valence-electron chi connectivity index (χ0n) is 33.2. The summed E-state index contributed by atoms with van der Waals surface area (Å²) in [7, 11) is 2.91. The van der Waals surface area contributed by atoms with E-state index in [-0.39, 0.29) is 48.0 Å². The Bertz CT molecular complexity index is 2170. The van der Waals surface area contributed by atoms with Crippen LogP contribution in [0, 0.1) is 35.5 Å². The minimum atomic E-state index is -0.702. The number of aromatic nitrogens is 4. The van der Waals surface area contributed by atoms with Gasteiger partial charge in [0.25, 0.3) is 0 Å². The molecule has 4 heterocycles. The number of benzene rings is 2. The van der Waals surface area contributed by atoms with Gasteiger partial charge in [-0.15, -0.1) is 0 Å². The third kappa shape index (κ3) is 8.91. The van der Waals surface area contributed by atoms with Gasteiger partial charge in [-0.3, -0.25) is 14.9 Å². The Morgan fingerprint density at radius 3 is 1.66 bits per heavy atom. The summed E-state index contributed by atoms with van der Waals surface area (Å²) in [5.41, 5.74) is 3.01. The number of H-pyrrole nitrogens is 2. The van der Waals surface area contributed by atoms with Crippen molar-refractivity contribution in [3.63, 3.8) is 0 Å². The van der Waals surface area contributed by atoms with Crippen molar-refractivity contribution >= 4 is 28.7 Å². The van der Waals surface area contributed by atoms with E-state index in [2.05, 4.69) is 54.3 Å². The van der Waals surface area contributed by atoms with Gasteiger partial charge in [0.15, 0.2) is 0 Å². The van der Waals surface area contributed by atoms with E-state index < -0.39 is 12.1 Å². The number of carbonyl (C=O) groups excluding carboxylic acids is 3. The average Bonchev–Trinajstić information content (AvgIpc) is 4.03. The monoisotopic (exact) mass is 760 g/mol. The molecule has 4 aromatic rings. The zero-order chi connectivity index (χ0) is 39.9. The standard InChI is InChI=1S/C43H52N8O5/c1-26(2)37(46-28(5)55-6)41(52)50-22-10-16-35(50)39-44-24-31(47-39)20-18-29-12-8-15-34-30(13-9-14-33(29)34)19-21-32-25-45-40(48-32)36-17-11-23-51(36)42(53)38(27(3)4)49-43(54)56-7/h8-9,12-15,24-28,35-38,46H,10-11,16-17,22-23H2,1-7H3,(H,44,47)(H,45,48)(H,49,54)/t28?,35-,36-,37-,38-/m0/s1. The van der Waals surface area contributed by atoms with Crippen molar-refractivity contribution in [2.24, 2.45) is 11.8 Å². The van der Waals surface area contributed by atoms with Gasteiger partial charge >= 0.3 is 6.09 Å². The van der Waals surface area contributed by atoms with Gasteiger partial charge in [-0.05, 0) is 79.2 Å². The highest BCUT2D eigenvalue weighted by Crippen LogP contribution is 2.33. The van der Waals surface area contributed by atoms with Crippen LogP contribution in [-0.2, 0) is 19.1 Å². The molecule has 2 aliphatic heterocycles. The van der Waals surface area contributed by atoms with E-state index in [4.69, 9.17) is 9.47 Å². The Kier molecular flexibility index (Phi) is 12.8. The number of carbonyl (C=O) groups is 3. The molecule has 0 radical (unpaired) electrons. The maximum atomic E-state index is 13.7. The molecule has 2 aromatic carbocycles. The molecule has 0 bridgehead atoms. The first-order chi connectivity index (χ1) is 27.0. The van der Waals surface area contributed by atoms with Crippen LogP contribution in [0.2, 0.25) is 0 Å². The summed E-state index contributed by atoms with van der Waals surface area (Å²) in [6, 6.07) is 10.5. The Hall–Kier alpha value is -5.63. The number of ether oxygens (including phenoxy) is 2. The molecule has 4 N–H and O–H groups in total. The second-order valence-electron chi connectivity index (χ2n) is 15.1. The van der Waals surface area contributed by atoms with E-state index in [0.29, 0.717) is 30.3 Å². The first-order valence-corrected chi connectivity index (χ1v) is 19.4. The van der Waals surface area contributed by atoms with Crippen LogP contribution in [0.4, 0.5) is 4.79 Å². The summed E-state index contributed by atoms with van der Waals surface area (Å²) in [5.74, 6) is 14.4. The lowest BCUT2D eigenvalue weighted by atomic mass is 10.0. The third-order valence-corrected chi connectivity index (χ3v) is 10.6. The van der Waals surface area contributed by atoms with Crippen LogP contribution in [0.5, 0.6) is 0 Å². The second-order valence-corrected chi connectivity index (χ2v) is 15.1. The molecule has 13 nitrogen and oxygen atoms in total. The highest BCUT2D eigenvalue weighted by Gasteiger charge is 2.38. The Morgan fingerprint density at radius 2 is 1.21 bits per heavy atom. The van der Waals surface area contributed by atoms with Gasteiger partial charge in [0.1, 0.15) is 35.3 Å². The van der Waals surface area contributed by atoms with Crippen LogP contribution in [0.3, 0.4) is 0 Å². The summed E-state index contributed by atoms with van der Waals surface area (Å²) in [4.78, 5) is 58.8. The predicted octanol–water partition coefficient (Wildman–Crippen LogP) is 5.40. The molecular weight excluding hydrogens is 709 g/mol. The normalized spacial score (nSPS) is 18.3. The SMILES string of the molecule is COC(=O)N[C@H](C(=O)N1CCC[C@H]1c1ncc(C#Cc2cccc3c(C#Cc4cnc([C@@H]5CCCN5C(=O)[C@@H](NC(C)OC)C(C)C)[nH]4)cccc23)[nH]1)C(C)C. The number of hydrogen-bond donors (Lipinski definition) is 4. The number of aromatic amines is 2. The second kappa shape index (κ2) is 17.9. The number of hydrogen-bond acceptors (Lipinski definition) is 8. The van der Waals surface area contributed by atoms with Crippen LogP contribution in [0.1, 0.15) is 107 Å². The molecule has 2 aromatic heterocycles. The van der Waals surface area contributed by atoms with Gasteiger partial charge < -0.3 is 34.6 Å². The molecule has 0 aliphatic carbocycles. The molecule has 294 valence electrons. The van der Waals surface area contributed by atoms with Crippen LogP contribution in [0.15, 0.2) is 48.8 Å². The number of fused-ring (bicyclic) bond motifs is 1. The third-order valence-electron chi connectivity index (χ3n) is 10.6. The first kappa shape index (κ1) is 40.0. The molecule has 0 spiro atoms. The quantitative estimate of drug-likeness (QED) is 0.124. The van der Waals surface area contributed by atoms with Crippen LogP contribution >= 0.6 is 0 Å². The highest BCUT2D eigenvalue weighted by molar-refractivity contribution is 5.93. The van der Waals surface area contributed by atoms with Gasteiger partial charge in [0.05, 0.1) is 37.6 Å². The molecule has 5 atom stereocenters. The zero-order valence-corrected chi connectivity index (χ0v) is 33.2. The number of nitrogens with one attached hydrogen (secondary N) is 4. The number of alkyl carbamates (subject to hydrolysis) is 1. The Labute approximate surface area is 328 Å². The van der Waals surface area contributed by atoms with Gasteiger partial charge in [-0.2, -0.15) is 0 Å².